The molecule has 0 radical (unpaired) electrons. The molecule has 1 aromatic rings. The number of carboxylic acid groups (broad SMARTS) is 1. The Balaban J connectivity index is -0.000000270. The second kappa shape index (κ2) is 8.24. The van der Waals surface area contributed by atoms with Gasteiger partial charge in [0.25, 0.3) is 0 Å². The van der Waals surface area contributed by atoms with Gasteiger partial charge in [0.05, 0.1) is 5.97 Å². The summed E-state index contributed by atoms with van der Waals surface area (Å²) < 4.78 is 0. The predicted molar refractivity (Wildman–Crippen MR) is 35.8 cm³/mol. The molecule has 62 valence electrons. The first-order chi connectivity index (χ1) is 4.30. The largest absolute Gasteiger partial charge is 1.00 e. The molecule has 0 unspecified atom stereocenters. The molecular formula is C6H8LiNO4. The molecule has 0 saturated heterocycles. The fourth-order valence-electron chi connectivity index (χ4n) is 0.488. The van der Waals surface area contributed by atoms with Crippen molar-refractivity contribution in [1.82, 2.24) is 4.98 Å². The summed E-state index contributed by atoms with van der Waals surface area (Å²) in [5.41, 5.74) is 0.157. The fourth-order valence-corrected chi connectivity index (χ4v) is 0.488. The summed E-state index contributed by atoms with van der Waals surface area (Å²) in [4.78, 5) is 13.7. The van der Waals surface area contributed by atoms with E-state index in [-0.39, 0.29) is 35.4 Å². The maximum absolute atomic E-state index is 10.1. The number of carbonyl (C=O) groups is 1. The van der Waals surface area contributed by atoms with Crippen molar-refractivity contribution in [2.75, 3.05) is 0 Å². The minimum absolute atomic E-state index is 0. The minimum Gasteiger partial charge on any atom is -0.545 e. The van der Waals surface area contributed by atoms with Gasteiger partial charge in [0.2, 0.25) is 0 Å². The van der Waals surface area contributed by atoms with Crippen LogP contribution in [-0.4, -0.2) is 21.9 Å². The van der Waals surface area contributed by atoms with E-state index < -0.39 is 5.97 Å². The summed E-state index contributed by atoms with van der Waals surface area (Å²) in [5, 5.41) is 10.1. The van der Waals surface area contributed by atoms with Crippen LogP contribution in [0, 0.1) is 0 Å². The molecule has 0 amide bonds. The molecule has 1 aromatic heterocycles. The molecule has 5 nitrogen and oxygen atoms in total. The van der Waals surface area contributed by atoms with E-state index in [1.54, 1.807) is 0 Å². The second-order valence-corrected chi connectivity index (χ2v) is 1.52. The van der Waals surface area contributed by atoms with Crippen molar-refractivity contribution >= 4 is 5.97 Å². The van der Waals surface area contributed by atoms with Crippen molar-refractivity contribution in [2.45, 2.75) is 0 Å². The molecule has 6 heteroatoms. The zero-order valence-corrected chi connectivity index (χ0v) is 6.57. The number of aromatic carboxylic acids is 1. The topological polar surface area (TPSA) is 116 Å². The molecule has 0 aliphatic heterocycles. The normalized spacial score (nSPS) is 6.67. The Morgan fingerprint density at radius 1 is 1.25 bits per heavy atom. The van der Waals surface area contributed by atoms with Crippen LogP contribution in [0.2, 0.25) is 0 Å². The molecule has 0 aromatic carbocycles. The first kappa shape index (κ1) is 17.3. The van der Waals surface area contributed by atoms with Crippen LogP contribution >= 0.6 is 0 Å². The average Bonchev–Trinajstić information content (AvgIpc) is 1.90. The van der Waals surface area contributed by atoms with Gasteiger partial charge < -0.3 is 20.9 Å². The van der Waals surface area contributed by atoms with Crippen LogP contribution < -0.4 is 24.0 Å². The maximum Gasteiger partial charge on any atom is 1.00 e. The van der Waals surface area contributed by atoms with Gasteiger partial charge in [-0.3, -0.25) is 4.98 Å². The maximum atomic E-state index is 10.1. The van der Waals surface area contributed by atoms with Gasteiger partial charge in [-0.05, 0) is 12.1 Å². The van der Waals surface area contributed by atoms with E-state index in [2.05, 4.69) is 4.98 Å². The molecule has 0 spiro atoms. The van der Waals surface area contributed by atoms with Crippen LogP contribution in [0.15, 0.2) is 24.5 Å². The van der Waals surface area contributed by atoms with E-state index in [4.69, 9.17) is 0 Å². The average molecular weight is 165 g/mol. The Hall–Kier alpha value is -0.863. The Labute approximate surface area is 81.2 Å². The van der Waals surface area contributed by atoms with Gasteiger partial charge in [-0.1, -0.05) is 0 Å². The summed E-state index contributed by atoms with van der Waals surface area (Å²) in [7, 11) is 0. The van der Waals surface area contributed by atoms with E-state index in [0.29, 0.717) is 0 Å². The standard InChI is InChI=1S/C6H5NO2.Li.2H2O/c8-6(9)5-1-3-7-4-2-5;;;/h1-4H,(H,8,9);;2*1H2/q;+1;;/p-1. The first-order valence-corrected chi connectivity index (χ1v) is 2.42. The summed E-state index contributed by atoms with van der Waals surface area (Å²) in [5.74, 6) is -1.17. The van der Waals surface area contributed by atoms with Gasteiger partial charge >= 0.3 is 18.9 Å². The third-order valence-electron chi connectivity index (χ3n) is 0.916. The summed E-state index contributed by atoms with van der Waals surface area (Å²) in [6.45, 7) is 0. The monoisotopic (exact) mass is 165 g/mol. The summed E-state index contributed by atoms with van der Waals surface area (Å²) >= 11 is 0. The number of rotatable bonds is 1. The van der Waals surface area contributed by atoms with E-state index in [9.17, 15) is 9.90 Å². The van der Waals surface area contributed by atoms with E-state index in [1.807, 2.05) is 0 Å². The Kier molecular flexibility index (Phi) is 11.9. The van der Waals surface area contributed by atoms with Crippen molar-refractivity contribution in [2.24, 2.45) is 0 Å². The second-order valence-electron chi connectivity index (χ2n) is 1.52. The number of hydrogen-bond donors (Lipinski definition) is 0. The molecule has 12 heavy (non-hydrogen) atoms. The first-order valence-electron chi connectivity index (χ1n) is 2.42. The molecule has 0 atom stereocenters. The summed E-state index contributed by atoms with van der Waals surface area (Å²) in [6, 6.07) is 2.77. The molecule has 0 bridgehead atoms. The molecule has 1 rings (SSSR count). The minimum atomic E-state index is -1.17. The number of aromatic nitrogens is 1. The van der Waals surface area contributed by atoms with Crippen LogP contribution in [0.1, 0.15) is 10.4 Å². The van der Waals surface area contributed by atoms with E-state index in [0.717, 1.165) is 0 Å². The number of pyridine rings is 1. The molecule has 0 saturated carbocycles. The van der Waals surface area contributed by atoms with E-state index in [1.165, 1.54) is 24.5 Å². The SMILES string of the molecule is O.O.O=C([O-])c1ccncc1.[Li+]. The van der Waals surface area contributed by atoms with Crippen molar-refractivity contribution in [3.05, 3.63) is 30.1 Å². The van der Waals surface area contributed by atoms with Crippen molar-refractivity contribution in [3.8, 4) is 0 Å². The van der Waals surface area contributed by atoms with Gasteiger partial charge in [-0.25, -0.2) is 0 Å². The molecule has 4 N–H and O–H groups in total. The van der Waals surface area contributed by atoms with Crippen LogP contribution in [0.25, 0.3) is 0 Å². The third-order valence-corrected chi connectivity index (χ3v) is 0.916. The zero-order chi connectivity index (χ0) is 6.69. The van der Waals surface area contributed by atoms with Crippen molar-refractivity contribution < 1.29 is 39.7 Å². The molecular weight excluding hydrogens is 157 g/mol. The van der Waals surface area contributed by atoms with Gasteiger partial charge in [-0.15, -0.1) is 0 Å². The zero-order valence-electron chi connectivity index (χ0n) is 6.57. The molecule has 0 aliphatic carbocycles. The smallest absolute Gasteiger partial charge is 0.545 e. The van der Waals surface area contributed by atoms with Crippen molar-refractivity contribution in [1.29, 1.82) is 0 Å². The Bertz CT molecular complexity index is 216. The van der Waals surface area contributed by atoms with Crippen molar-refractivity contribution in [3.63, 3.8) is 0 Å². The van der Waals surface area contributed by atoms with Crippen LogP contribution in [0.4, 0.5) is 0 Å². The molecule has 0 aliphatic rings. The number of nitrogens with zero attached hydrogens (tertiary/aromatic N) is 1. The van der Waals surface area contributed by atoms with Gasteiger partial charge in [-0.2, -0.15) is 0 Å². The quantitative estimate of drug-likeness (QED) is 0.387. The number of carboxylic acids is 1. The Morgan fingerprint density at radius 2 is 1.67 bits per heavy atom. The molecule has 0 fully saturated rings. The van der Waals surface area contributed by atoms with Crippen LogP contribution in [0.3, 0.4) is 0 Å². The predicted octanol–water partition coefficient (Wildman–Crippen LogP) is -5.20. The fraction of sp³-hybridized carbons (Fsp3) is 0. The van der Waals surface area contributed by atoms with E-state index >= 15 is 0 Å². The van der Waals surface area contributed by atoms with Crippen LogP contribution in [0.5, 0.6) is 0 Å². The number of carbonyl (C=O) groups excluding carboxylic acids is 1. The summed E-state index contributed by atoms with van der Waals surface area (Å²) in [6.07, 6.45) is 2.82. The Morgan fingerprint density at radius 3 is 1.92 bits per heavy atom. The van der Waals surface area contributed by atoms with Gasteiger partial charge in [0.1, 0.15) is 0 Å². The van der Waals surface area contributed by atoms with Gasteiger partial charge in [0, 0.05) is 18.0 Å². The van der Waals surface area contributed by atoms with Crippen LogP contribution in [-0.2, 0) is 0 Å². The molecule has 1 heterocycles. The third kappa shape index (κ3) is 4.88. The number of hydrogen-bond acceptors (Lipinski definition) is 3. The van der Waals surface area contributed by atoms with Gasteiger partial charge in [0.15, 0.2) is 0 Å².